The summed E-state index contributed by atoms with van der Waals surface area (Å²) in [5, 5.41) is 0. The molecule has 0 spiro atoms. The van der Waals surface area contributed by atoms with Crippen molar-refractivity contribution in [3.63, 3.8) is 0 Å². The zero-order chi connectivity index (χ0) is 13.2. The lowest BCUT2D eigenvalue weighted by atomic mass is 10.2. The van der Waals surface area contributed by atoms with Crippen LogP contribution in [0.15, 0.2) is 18.3 Å². The van der Waals surface area contributed by atoms with Crippen molar-refractivity contribution in [1.82, 2.24) is 4.98 Å². The molecule has 0 aliphatic carbocycles. The molecule has 1 heterocycles. The third-order valence-corrected chi connectivity index (χ3v) is 2.26. The molecule has 0 aromatic carbocycles. The van der Waals surface area contributed by atoms with Crippen molar-refractivity contribution in [3.05, 3.63) is 23.9 Å². The number of hydrogen-bond acceptors (Lipinski definition) is 5. The molecule has 0 saturated carbocycles. The first-order chi connectivity index (χ1) is 8.74. The fraction of sp³-hybridized carbons (Fsp3) is 0.538. The first-order valence-electron chi connectivity index (χ1n) is 5.90. The van der Waals surface area contributed by atoms with E-state index in [1.807, 2.05) is 0 Å². The Kier molecular flexibility index (Phi) is 6.98. The van der Waals surface area contributed by atoms with E-state index >= 15 is 0 Å². The first-order valence-corrected chi connectivity index (χ1v) is 5.90. The van der Waals surface area contributed by atoms with Crippen LogP contribution in [-0.4, -0.2) is 44.3 Å². The fourth-order valence-corrected chi connectivity index (χ4v) is 1.29. The van der Waals surface area contributed by atoms with E-state index in [-0.39, 0.29) is 5.78 Å². The fourth-order valence-electron chi connectivity index (χ4n) is 1.29. The van der Waals surface area contributed by atoms with Gasteiger partial charge in [0.2, 0.25) is 5.88 Å². The zero-order valence-corrected chi connectivity index (χ0v) is 10.8. The average molecular weight is 253 g/mol. The van der Waals surface area contributed by atoms with Crippen LogP contribution in [0.5, 0.6) is 5.88 Å². The number of pyridine rings is 1. The minimum atomic E-state index is -0.00414. The number of ketones is 1. The summed E-state index contributed by atoms with van der Waals surface area (Å²) in [6.45, 7) is 3.83. The van der Waals surface area contributed by atoms with Crippen LogP contribution in [0, 0.1) is 0 Å². The zero-order valence-electron chi connectivity index (χ0n) is 10.8. The molecule has 0 saturated heterocycles. The van der Waals surface area contributed by atoms with Crippen LogP contribution in [0.2, 0.25) is 0 Å². The van der Waals surface area contributed by atoms with Crippen LogP contribution in [0.4, 0.5) is 0 Å². The van der Waals surface area contributed by atoms with Crippen molar-refractivity contribution >= 4 is 5.78 Å². The van der Waals surface area contributed by atoms with Crippen molar-refractivity contribution < 1.29 is 19.0 Å². The van der Waals surface area contributed by atoms with Gasteiger partial charge in [-0.3, -0.25) is 4.79 Å². The monoisotopic (exact) mass is 253 g/mol. The number of hydrogen-bond donors (Lipinski definition) is 0. The Bertz CT molecular complexity index is 351. The lowest BCUT2D eigenvalue weighted by Crippen LogP contribution is -2.09. The number of carbonyl (C=O) groups excluding carboxylic acids is 1. The SMILES string of the molecule is COCCCOCCOc1ccc(C(C)=O)cn1. The molecule has 0 amide bonds. The lowest BCUT2D eigenvalue weighted by Gasteiger charge is -2.06. The molecule has 18 heavy (non-hydrogen) atoms. The number of methoxy groups -OCH3 is 1. The van der Waals surface area contributed by atoms with Gasteiger partial charge in [0.1, 0.15) is 6.61 Å². The highest BCUT2D eigenvalue weighted by atomic mass is 16.5. The molecular formula is C13H19NO4. The van der Waals surface area contributed by atoms with Gasteiger partial charge in [-0.15, -0.1) is 0 Å². The Morgan fingerprint density at radius 2 is 2.06 bits per heavy atom. The number of aromatic nitrogens is 1. The van der Waals surface area contributed by atoms with E-state index in [9.17, 15) is 4.79 Å². The van der Waals surface area contributed by atoms with Crippen LogP contribution >= 0.6 is 0 Å². The van der Waals surface area contributed by atoms with Gasteiger partial charge in [-0.2, -0.15) is 0 Å². The Balaban J connectivity index is 2.14. The van der Waals surface area contributed by atoms with Crippen molar-refractivity contribution in [3.8, 4) is 5.88 Å². The summed E-state index contributed by atoms with van der Waals surface area (Å²) in [7, 11) is 1.67. The third-order valence-electron chi connectivity index (χ3n) is 2.26. The van der Waals surface area contributed by atoms with E-state index < -0.39 is 0 Å². The predicted molar refractivity (Wildman–Crippen MR) is 67.0 cm³/mol. The van der Waals surface area contributed by atoms with E-state index in [2.05, 4.69) is 4.98 Å². The number of nitrogens with zero attached hydrogens (tertiary/aromatic N) is 1. The van der Waals surface area contributed by atoms with Gasteiger partial charge >= 0.3 is 0 Å². The Labute approximate surface area is 107 Å². The molecule has 100 valence electrons. The number of Topliss-reactive ketones (excluding diaryl/α,β-unsaturated/α-hetero) is 1. The Hall–Kier alpha value is -1.46. The quantitative estimate of drug-likeness (QED) is 0.495. The van der Waals surface area contributed by atoms with Gasteiger partial charge in [0.25, 0.3) is 0 Å². The summed E-state index contributed by atoms with van der Waals surface area (Å²) < 4.78 is 15.6. The van der Waals surface area contributed by atoms with Gasteiger partial charge < -0.3 is 14.2 Å². The van der Waals surface area contributed by atoms with E-state index in [0.717, 1.165) is 6.42 Å². The predicted octanol–water partition coefficient (Wildman–Crippen LogP) is 1.72. The maximum atomic E-state index is 11.0. The van der Waals surface area contributed by atoms with Crippen LogP contribution in [0.3, 0.4) is 0 Å². The molecule has 1 rings (SSSR count). The highest BCUT2D eigenvalue weighted by Crippen LogP contribution is 2.07. The van der Waals surface area contributed by atoms with Gasteiger partial charge in [-0.25, -0.2) is 4.98 Å². The number of ether oxygens (including phenoxy) is 3. The lowest BCUT2D eigenvalue weighted by molar-refractivity contribution is 0.0795. The molecule has 0 fully saturated rings. The van der Waals surface area contributed by atoms with Crippen molar-refractivity contribution in [1.29, 1.82) is 0 Å². The van der Waals surface area contributed by atoms with E-state index in [1.165, 1.54) is 13.1 Å². The maximum Gasteiger partial charge on any atom is 0.213 e. The summed E-state index contributed by atoms with van der Waals surface area (Å²) in [5.41, 5.74) is 0.582. The highest BCUT2D eigenvalue weighted by Gasteiger charge is 2.00. The second-order valence-electron chi connectivity index (χ2n) is 3.75. The second kappa shape index (κ2) is 8.60. The minimum absolute atomic E-state index is 0.00414. The maximum absolute atomic E-state index is 11.0. The molecule has 0 unspecified atom stereocenters. The molecule has 5 heteroatoms. The van der Waals surface area contributed by atoms with Gasteiger partial charge in [0.15, 0.2) is 5.78 Å². The van der Waals surface area contributed by atoms with E-state index in [0.29, 0.717) is 37.9 Å². The van der Waals surface area contributed by atoms with Crippen LogP contribution in [-0.2, 0) is 9.47 Å². The first kappa shape index (κ1) is 14.6. The molecule has 0 bridgehead atoms. The molecule has 1 aromatic heterocycles. The number of rotatable bonds is 9. The molecule has 0 N–H and O–H groups in total. The normalized spacial score (nSPS) is 10.3. The molecule has 5 nitrogen and oxygen atoms in total. The van der Waals surface area contributed by atoms with Crippen LogP contribution in [0.25, 0.3) is 0 Å². The second-order valence-corrected chi connectivity index (χ2v) is 3.75. The standard InChI is InChI=1S/C13H19NO4/c1-11(15)12-4-5-13(14-10-12)18-9-8-17-7-3-6-16-2/h4-5,10H,3,6-9H2,1-2H3. The molecule has 0 atom stereocenters. The molecular weight excluding hydrogens is 234 g/mol. The van der Waals surface area contributed by atoms with Gasteiger partial charge in [-0.05, 0) is 19.4 Å². The van der Waals surface area contributed by atoms with Gasteiger partial charge in [0, 0.05) is 38.2 Å². The Morgan fingerprint density at radius 1 is 1.22 bits per heavy atom. The smallest absolute Gasteiger partial charge is 0.213 e. The highest BCUT2D eigenvalue weighted by molar-refractivity contribution is 5.93. The van der Waals surface area contributed by atoms with Crippen LogP contribution < -0.4 is 4.74 Å². The molecule has 0 aliphatic rings. The van der Waals surface area contributed by atoms with Crippen molar-refractivity contribution in [2.24, 2.45) is 0 Å². The molecule has 0 aliphatic heterocycles. The van der Waals surface area contributed by atoms with E-state index in [4.69, 9.17) is 14.2 Å². The Morgan fingerprint density at radius 3 is 2.67 bits per heavy atom. The topological polar surface area (TPSA) is 57.7 Å². The molecule has 0 radical (unpaired) electrons. The average Bonchev–Trinajstić information content (AvgIpc) is 2.38. The summed E-state index contributed by atoms with van der Waals surface area (Å²) in [6.07, 6.45) is 2.39. The summed E-state index contributed by atoms with van der Waals surface area (Å²) in [4.78, 5) is 15.1. The van der Waals surface area contributed by atoms with Gasteiger partial charge in [0.05, 0.1) is 6.61 Å². The number of carbonyl (C=O) groups is 1. The van der Waals surface area contributed by atoms with Crippen molar-refractivity contribution in [2.45, 2.75) is 13.3 Å². The van der Waals surface area contributed by atoms with E-state index in [1.54, 1.807) is 19.2 Å². The van der Waals surface area contributed by atoms with Gasteiger partial charge in [-0.1, -0.05) is 0 Å². The largest absolute Gasteiger partial charge is 0.475 e. The summed E-state index contributed by atoms with van der Waals surface area (Å²) >= 11 is 0. The van der Waals surface area contributed by atoms with Crippen LogP contribution in [0.1, 0.15) is 23.7 Å². The molecule has 1 aromatic rings. The van der Waals surface area contributed by atoms with Crippen molar-refractivity contribution in [2.75, 3.05) is 33.5 Å². The summed E-state index contributed by atoms with van der Waals surface area (Å²) in [5.74, 6) is 0.496. The minimum Gasteiger partial charge on any atom is -0.475 e. The third kappa shape index (κ3) is 5.75. The summed E-state index contributed by atoms with van der Waals surface area (Å²) in [6, 6.07) is 3.38.